The lowest BCUT2D eigenvalue weighted by Gasteiger charge is -2.18. The molecule has 2 N–H and O–H groups in total. The van der Waals surface area contributed by atoms with E-state index in [0.717, 1.165) is 31.6 Å². The molecule has 0 radical (unpaired) electrons. The fourth-order valence-corrected chi connectivity index (χ4v) is 6.09. The zero-order valence-corrected chi connectivity index (χ0v) is 31.4. The van der Waals surface area contributed by atoms with Crippen molar-refractivity contribution < 1.29 is 9.59 Å². The maximum Gasteiger partial charge on any atom is 0.220 e. The van der Waals surface area contributed by atoms with Gasteiger partial charge in [-0.1, -0.05) is 154 Å². The Morgan fingerprint density at radius 1 is 0.500 bits per heavy atom. The predicted molar refractivity (Wildman–Crippen MR) is 202 cm³/mol. The molecular weight excluding hydrogens is 566 g/mol. The van der Waals surface area contributed by atoms with Gasteiger partial charge < -0.3 is 15.5 Å². The lowest BCUT2D eigenvalue weighted by Crippen LogP contribution is -2.22. The lowest BCUT2D eigenvalue weighted by molar-refractivity contribution is -0.121. The number of carbonyl (C=O) groups excluding carboxylic acids is 2. The fourth-order valence-electron chi connectivity index (χ4n) is 6.09. The van der Waals surface area contributed by atoms with Gasteiger partial charge in [0.05, 0.1) is 0 Å². The Labute approximate surface area is 287 Å². The van der Waals surface area contributed by atoms with Gasteiger partial charge in [0.1, 0.15) is 0 Å². The minimum absolute atomic E-state index is 0.202. The molecule has 0 aliphatic rings. The average Bonchev–Trinajstić information content (AvgIpc) is 3.04. The first-order valence-corrected chi connectivity index (χ1v) is 20.0. The first kappa shape index (κ1) is 44.4. The summed E-state index contributed by atoms with van der Waals surface area (Å²) in [6, 6.07) is 0. The van der Waals surface area contributed by atoms with Crippen LogP contribution >= 0.6 is 0 Å². The van der Waals surface area contributed by atoms with Gasteiger partial charge >= 0.3 is 0 Å². The number of nitrogens with one attached hydrogen (secondary N) is 2. The van der Waals surface area contributed by atoms with Crippen molar-refractivity contribution in [3.8, 4) is 0 Å². The summed E-state index contributed by atoms with van der Waals surface area (Å²) in [6.07, 6.45) is 41.5. The zero-order chi connectivity index (χ0) is 33.8. The Kier molecular flexibility index (Phi) is 34.9. The van der Waals surface area contributed by atoms with Crippen LogP contribution in [0.4, 0.5) is 0 Å². The third-order valence-electron chi connectivity index (χ3n) is 9.12. The van der Waals surface area contributed by atoms with Crippen molar-refractivity contribution in [2.75, 3.05) is 33.7 Å². The minimum atomic E-state index is 0.202. The normalized spacial score (nSPS) is 11.9. The van der Waals surface area contributed by atoms with E-state index >= 15 is 0 Å². The average molecular weight is 646 g/mol. The zero-order valence-electron chi connectivity index (χ0n) is 31.4. The molecule has 2 amide bonds. The number of nitrogens with zero attached hydrogens (tertiary/aromatic N) is 1. The van der Waals surface area contributed by atoms with Crippen LogP contribution < -0.4 is 10.6 Å². The second-order valence-corrected chi connectivity index (χ2v) is 14.0. The van der Waals surface area contributed by atoms with Gasteiger partial charge in [-0.2, -0.15) is 0 Å². The van der Waals surface area contributed by atoms with Crippen LogP contribution in [-0.2, 0) is 9.59 Å². The first-order valence-electron chi connectivity index (χ1n) is 20.0. The summed E-state index contributed by atoms with van der Waals surface area (Å²) in [7, 11) is 4.34. The monoisotopic (exact) mass is 646 g/mol. The Morgan fingerprint density at radius 2 is 0.891 bits per heavy atom. The third kappa shape index (κ3) is 35.2. The van der Waals surface area contributed by atoms with E-state index in [1.165, 1.54) is 141 Å². The molecule has 0 fully saturated rings. The van der Waals surface area contributed by atoms with Crippen molar-refractivity contribution in [2.45, 2.75) is 187 Å². The standard InChI is InChI=1S/C41H79N3O2/c1-5-7-9-11-13-21-28-36-42-40(45)34-25-19-15-17-23-31-39(33-27-30-38-44(3)4)32-24-18-16-20-26-35-41(46)43-37-29-22-14-12-10-8-6-2/h21-22,28-29,39H,5-20,23-27,30-38H2,1-4H3,(H,42,45)(H,43,46)/b28-21-,29-22-. The smallest absolute Gasteiger partial charge is 0.220 e. The van der Waals surface area contributed by atoms with E-state index in [1.54, 1.807) is 0 Å². The molecule has 0 aliphatic carbocycles. The van der Waals surface area contributed by atoms with Crippen LogP contribution in [0.5, 0.6) is 0 Å². The first-order chi connectivity index (χ1) is 22.5. The van der Waals surface area contributed by atoms with Gasteiger partial charge in [-0.25, -0.2) is 0 Å². The molecule has 0 saturated carbocycles. The van der Waals surface area contributed by atoms with Crippen LogP contribution in [-0.4, -0.2) is 50.4 Å². The number of hydrogen-bond donors (Lipinski definition) is 2. The number of hydrogen-bond acceptors (Lipinski definition) is 3. The van der Waals surface area contributed by atoms with E-state index in [9.17, 15) is 9.59 Å². The number of unbranched alkanes of at least 4 members (excludes halogenated alkanes) is 17. The number of amides is 2. The Morgan fingerprint density at radius 3 is 1.33 bits per heavy atom. The molecule has 0 aromatic heterocycles. The number of carbonyl (C=O) groups is 2. The van der Waals surface area contributed by atoms with Crippen LogP contribution in [0.15, 0.2) is 24.3 Å². The molecule has 0 heterocycles. The van der Waals surface area contributed by atoms with E-state index in [1.807, 2.05) is 0 Å². The van der Waals surface area contributed by atoms with E-state index < -0.39 is 0 Å². The molecule has 0 spiro atoms. The summed E-state index contributed by atoms with van der Waals surface area (Å²) in [5.74, 6) is 1.26. The van der Waals surface area contributed by atoms with Crippen molar-refractivity contribution in [3.05, 3.63) is 24.3 Å². The topological polar surface area (TPSA) is 61.4 Å². The van der Waals surface area contributed by atoms with Gasteiger partial charge in [0.2, 0.25) is 11.8 Å². The Hall–Kier alpha value is -1.62. The molecule has 0 rings (SSSR count). The molecule has 5 nitrogen and oxygen atoms in total. The maximum absolute atomic E-state index is 12.1. The molecule has 270 valence electrons. The highest BCUT2D eigenvalue weighted by molar-refractivity contribution is 5.76. The SMILES string of the molecule is CCCCCC/C=C\CNC(=O)CCCCCCCC(CCCCCCCC(=O)NC/C=C\CCCCCC)CCCCN(C)C. The molecule has 0 bridgehead atoms. The number of allylic oxidation sites excluding steroid dienone is 2. The highest BCUT2D eigenvalue weighted by Gasteiger charge is 2.09. The van der Waals surface area contributed by atoms with Crippen LogP contribution in [0.2, 0.25) is 0 Å². The van der Waals surface area contributed by atoms with Crippen LogP contribution in [0.1, 0.15) is 187 Å². The molecule has 0 atom stereocenters. The van der Waals surface area contributed by atoms with Gasteiger partial charge in [0, 0.05) is 25.9 Å². The van der Waals surface area contributed by atoms with Crippen LogP contribution in [0, 0.1) is 5.92 Å². The van der Waals surface area contributed by atoms with E-state index in [0.29, 0.717) is 25.9 Å². The quantitative estimate of drug-likeness (QED) is 0.0532. The van der Waals surface area contributed by atoms with Crippen molar-refractivity contribution in [2.24, 2.45) is 5.92 Å². The summed E-state index contributed by atoms with van der Waals surface area (Å²) < 4.78 is 0. The summed E-state index contributed by atoms with van der Waals surface area (Å²) >= 11 is 0. The van der Waals surface area contributed by atoms with Crippen molar-refractivity contribution in [1.82, 2.24) is 15.5 Å². The van der Waals surface area contributed by atoms with E-state index in [4.69, 9.17) is 0 Å². The second-order valence-electron chi connectivity index (χ2n) is 14.0. The summed E-state index contributed by atoms with van der Waals surface area (Å²) in [5.41, 5.74) is 0. The van der Waals surface area contributed by atoms with Gasteiger partial charge in [0.25, 0.3) is 0 Å². The summed E-state index contributed by atoms with van der Waals surface area (Å²) in [5, 5.41) is 6.08. The van der Waals surface area contributed by atoms with Crippen LogP contribution in [0.25, 0.3) is 0 Å². The van der Waals surface area contributed by atoms with Gasteiger partial charge in [0.15, 0.2) is 0 Å². The largest absolute Gasteiger partial charge is 0.353 e. The van der Waals surface area contributed by atoms with Gasteiger partial charge in [-0.15, -0.1) is 0 Å². The Balaban J connectivity index is 3.93. The molecule has 0 aromatic carbocycles. The molecule has 0 unspecified atom stereocenters. The third-order valence-corrected chi connectivity index (χ3v) is 9.12. The highest BCUT2D eigenvalue weighted by Crippen LogP contribution is 2.24. The van der Waals surface area contributed by atoms with Crippen molar-refractivity contribution in [1.29, 1.82) is 0 Å². The molecule has 0 aliphatic heterocycles. The van der Waals surface area contributed by atoms with Crippen molar-refractivity contribution >= 4 is 11.8 Å². The minimum Gasteiger partial charge on any atom is -0.353 e. The molecular formula is C41H79N3O2. The number of rotatable bonds is 35. The Bertz CT molecular complexity index is 666. The molecule has 0 saturated heterocycles. The molecule has 46 heavy (non-hydrogen) atoms. The van der Waals surface area contributed by atoms with E-state index in [-0.39, 0.29) is 11.8 Å². The summed E-state index contributed by atoms with van der Waals surface area (Å²) in [6.45, 7) is 7.03. The molecule has 5 heteroatoms. The van der Waals surface area contributed by atoms with Crippen molar-refractivity contribution in [3.63, 3.8) is 0 Å². The highest BCUT2D eigenvalue weighted by atomic mass is 16.2. The van der Waals surface area contributed by atoms with Gasteiger partial charge in [-0.3, -0.25) is 9.59 Å². The van der Waals surface area contributed by atoms with Gasteiger partial charge in [-0.05, 0) is 71.5 Å². The summed E-state index contributed by atoms with van der Waals surface area (Å²) in [4.78, 5) is 26.5. The maximum atomic E-state index is 12.1. The van der Waals surface area contributed by atoms with Crippen LogP contribution in [0.3, 0.4) is 0 Å². The fraction of sp³-hybridized carbons (Fsp3) is 0.854. The van der Waals surface area contributed by atoms with E-state index in [2.05, 4.69) is 67.8 Å². The molecule has 0 aromatic rings. The second kappa shape index (κ2) is 36.2. The lowest BCUT2D eigenvalue weighted by atomic mass is 9.90. The predicted octanol–water partition coefficient (Wildman–Crippen LogP) is 11.1.